The fourth-order valence-corrected chi connectivity index (χ4v) is 2.99. The van der Waals surface area contributed by atoms with Crippen LogP contribution in [-0.4, -0.2) is 10.2 Å². The van der Waals surface area contributed by atoms with E-state index in [0.29, 0.717) is 5.56 Å². The highest BCUT2D eigenvalue weighted by Crippen LogP contribution is 2.29. The number of rotatable bonds is 5. The van der Waals surface area contributed by atoms with Crippen molar-refractivity contribution in [2.45, 2.75) is 13.1 Å². The minimum absolute atomic E-state index is 0.175. The summed E-state index contributed by atoms with van der Waals surface area (Å²) in [5.41, 5.74) is 1.72. The molecule has 0 aliphatic carbocycles. The Hall–Kier alpha value is -1.98. The Balaban J connectivity index is 1.64. The summed E-state index contributed by atoms with van der Waals surface area (Å²) in [6.07, 6.45) is 1.73. The van der Waals surface area contributed by atoms with Gasteiger partial charge in [0.05, 0.1) is 0 Å². The summed E-state index contributed by atoms with van der Waals surface area (Å²) in [5.74, 6) is -0.175. The average Bonchev–Trinajstić information content (AvgIpc) is 3.11. The van der Waals surface area contributed by atoms with E-state index in [4.69, 9.17) is 0 Å². The van der Waals surface area contributed by atoms with Crippen LogP contribution in [0.4, 0.5) is 4.39 Å². The molecule has 0 unspecified atom stereocenters. The highest BCUT2D eigenvalue weighted by molar-refractivity contribution is 7.15. The molecule has 1 aromatic carbocycles. The summed E-state index contributed by atoms with van der Waals surface area (Å²) in [7, 11) is 0. The quantitative estimate of drug-likeness (QED) is 0.753. The summed E-state index contributed by atoms with van der Waals surface area (Å²) in [6.45, 7) is 1.51. The molecule has 0 aliphatic heterocycles. The van der Waals surface area contributed by atoms with Gasteiger partial charge < -0.3 is 5.32 Å². The van der Waals surface area contributed by atoms with Gasteiger partial charge in [0.2, 0.25) is 0 Å². The van der Waals surface area contributed by atoms with Crippen molar-refractivity contribution in [3.8, 4) is 10.4 Å². The smallest absolute Gasteiger partial charge is 0.131 e. The molecule has 0 aliphatic rings. The second-order valence-corrected chi connectivity index (χ2v) is 5.60. The van der Waals surface area contributed by atoms with Crippen LogP contribution in [0.1, 0.15) is 10.6 Å². The Morgan fingerprint density at radius 3 is 2.80 bits per heavy atom. The number of aromatic nitrogens is 2. The molecule has 0 atom stereocenters. The van der Waals surface area contributed by atoms with Gasteiger partial charge in [-0.05, 0) is 24.3 Å². The van der Waals surface area contributed by atoms with Crippen molar-refractivity contribution in [1.29, 1.82) is 0 Å². The van der Waals surface area contributed by atoms with Crippen LogP contribution in [0.2, 0.25) is 0 Å². The van der Waals surface area contributed by atoms with E-state index in [0.717, 1.165) is 23.7 Å². The first-order valence-electron chi connectivity index (χ1n) is 6.35. The Morgan fingerprint density at radius 2 is 2.00 bits per heavy atom. The molecule has 0 fully saturated rings. The zero-order valence-corrected chi connectivity index (χ0v) is 11.6. The van der Waals surface area contributed by atoms with Gasteiger partial charge in [0, 0.05) is 40.3 Å². The zero-order valence-electron chi connectivity index (χ0n) is 10.8. The molecule has 20 heavy (non-hydrogen) atoms. The molecule has 0 bridgehead atoms. The summed E-state index contributed by atoms with van der Waals surface area (Å²) >= 11 is 1.61. The molecule has 2 heterocycles. The number of nitrogens with one attached hydrogen (secondary N) is 2. The first-order chi connectivity index (χ1) is 9.83. The van der Waals surface area contributed by atoms with Gasteiger partial charge in [-0.2, -0.15) is 5.10 Å². The molecule has 2 aromatic heterocycles. The van der Waals surface area contributed by atoms with E-state index in [-0.39, 0.29) is 5.82 Å². The van der Waals surface area contributed by atoms with Crippen molar-refractivity contribution < 1.29 is 4.39 Å². The van der Waals surface area contributed by atoms with E-state index >= 15 is 0 Å². The molecule has 0 amide bonds. The number of H-pyrrole nitrogens is 1. The molecule has 3 aromatic rings. The predicted octanol–water partition coefficient (Wildman–Crippen LogP) is 3.57. The molecule has 5 heteroatoms. The molecular formula is C15H14FN3S. The van der Waals surface area contributed by atoms with E-state index in [1.165, 1.54) is 10.9 Å². The van der Waals surface area contributed by atoms with Crippen molar-refractivity contribution in [2.24, 2.45) is 0 Å². The Labute approximate surface area is 120 Å². The van der Waals surface area contributed by atoms with Crippen LogP contribution in [-0.2, 0) is 13.1 Å². The van der Waals surface area contributed by atoms with Crippen LogP contribution in [0, 0.1) is 5.82 Å². The van der Waals surface area contributed by atoms with Gasteiger partial charge in [0.1, 0.15) is 5.82 Å². The second kappa shape index (κ2) is 5.98. The standard InChI is InChI=1S/C15H14FN3S/c16-14-4-2-1-3-13(14)15-6-5-12(20-15)10-17-9-11-7-8-18-19-11/h1-8,17H,9-10H2,(H,18,19). The minimum Gasteiger partial charge on any atom is -0.306 e. The van der Waals surface area contributed by atoms with Crippen molar-refractivity contribution in [1.82, 2.24) is 15.5 Å². The Bertz CT molecular complexity index is 676. The first kappa shape index (κ1) is 13.0. The van der Waals surface area contributed by atoms with E-state index in [1.54, 1.807) is 23.6 Å². The lowest BCUT2D eigenvalue weighted by Crippen LogP contribution is -2.11. The molecule has 3 rings (SSSR count). The van der Waals surface area contributed by atoms with Crippen LogP contribution < -0.4 is 5.32 Å². The molecule has 0 saturated carbocycles. The summed E-state index contributed by atoms with van der Waals surface area (Å²) in [6, 6.07) is 12.8. The lowest BCUT2D eigenvalue weighted by atomic mass is 10.2. The van der Waals surface area contributed by atoms with Gasteiger partial charge in [0.15, 0.2) is 0 Å². The van der Waals surface area contributed by atoms with E-state index in [1.807, 2.05) is 30.3 Å². The first-order valence-corrected chi connectivity index (χ1v) is 7.17. The van der Waals surface area contributed by atoms with Gasteiger partial charge in [-0.25, -0.2) is 4.39 Å². The number of thiophene rings is 1. The van der Waals surface area contributed by atoms with Gasteiger partial charge >= 0.3 is 0 Å². The third-order valence-corrected chi connectivity index (χ3v) is 4.09. The topological polar surface area (TPSA) is 40.7 Å². The molecule has 102 valence electrons. The van der Waals surface area contributed by atoms with E-state index < -0.39 is 0 Å². The van der Waals surface area contributed by atoms with Gasteiger partial charge in [-0.15, -0.1) is 11.3 Å². The third kappa shape index (κ3) is 2.95. The van der Waals surface area contributed by atoms with Crippen LogP contribution in [0.15, 0.2) is 48.7 Å². The monoisotopic (exact) mass is 287 g/mol. The maximum atomic E-state index is 13.7. The van der Waals surface area contributed by atoms with Gasteiger partial charge in [-0.1, -0.05) is 18.2 Å². The SMILES string of the molecule is Fc1ccccc1-c1ccc(CNCc2ccn[nH]2)s1. The molecule has 0 radical (unpaired) electrons. The number of benzene rings is 1. The number of halogens is 1. The molecule has 0 spiro atoms. The van der Waals surface area contributed by atoms with Crippen molar-refractivity contribution in [3.63, 3.8) is 0 Å². The second-order valence-electron chi connectivity index (χ2n) is 4.43. The lowest BCUT2D eigenvalue weighted by molar-refractivity contribution is 0.631. The molecule has 0 saturated heterocycles. The zero-order chi connectivity index (χ0) is 13.8. The van der Waals surface area contributed by atoms with Crippen molar-refractivity contribution in [2.75, 3.05) is 0 Å². The number of hydrogen-bond donors (Lipinski definition) is 2. The summed E-state index contributed by atoms with van der Waals surface area (Å²) < 4.78 is 13.7. The highest BCUT2D eigenvalue weighted by atomic mass is 32.1. The Morgan fingerprint density at radius 1 is 1.10 bits per heavy atom. The van der Waals surface area contributed by atoms with Crippen molar-refractivity contribution >= 4 is 11.3 Å². The van der Waals surface area contributed by atoms with Crippen LogP contribution in [0.3, 0.4) is 0 Å². The fraction of sp³-hybridized carbons (Fsp3) is 0.133. The molecule has 2 N–H and O–H groups in total. The summed E-state index contributed by atoms with van der Waals surface area (Å²) in [4.78, 5) is 2.14. The largest absolute Gasteiger partial charge is 0.306 e. The fourth-order valence-electron chi connectivity index (χ4n) is 1.98. The van der Waals surface area contributed by atoms with Crippen LogP contribution in [0.5, 0.6) is 0 Å². The maximum absolute atomic E-state index is 13.7. The van der Waals surface area contributed by atoms with Crippen LogP contribution in [0.25, 0.3) is 10.4 Å². The minimum atomic E-state index is -0.175. The normalized spacial score (nSPS) is 10.8. The van der Waals surface area contributed by atoms with Crippen LogP contribution >= 0.6 is 11.3 Å². The maximum Gasteiger partial charge on any atom is 0.131 e. The van der Waals surface area contributed by atoms with E-state index in [2.05, 4.69) is 15.5 Å². The average molecular weight is 287 g/mol. The van der Waals surface area contributed by atoms with Gasteiger partial charge in [-0.3, -0.25) is 5.10 Å². The Kier molecular flexibility index (Phi) is 3.90. The summed E-state index contributed by atoms with van der Waals surface area (Å²) in [5, 5.41) is 10.1. The number of hydrogen-bond acceptors (Lipinski definition) is 3. The highest BCUT2D eigenvalue weighted by Gasteiger charge is 2.07. The number of nitrogens with zero attached hydrogens (tertiary/aromatic N) is 1. The molecule has 3 nitrogen and oxygen atoms in total. The lowest BCUT2D eigenvalue weighted by Gasteiger charge is -2.01. The number of aromatic amines is 1. The third-order valence-electron chi connectivity index (χ3n) is 2.97. The van der Waals surface area contributed by atoms with Crippen molar-refractivity contribution in [3.05, 3.63) is 65.0 Å². The molecular weight excluding hydrogens is 273 g/mol. The predicted molar refractivity (Wildman–Crippen MR) is 78.8 cm³/mol. The van der Waals surface area contributed by atoms with Gasteiger partial charge in [0.25, 0.3) is 0 Å². The van der Waals surface area contributed by atoms with E-state index in [9.17, 15) is 4.39 Å².